The van der Waals surface area contributed by atoms with Crippen LogP contribution in [0.5, 0.6) is 0 Å². The number of halogens is 1. The Balaban J connectivity index is 0.00000441. The number of sulfonamides is 1. The topological polar surface area (TPSA) is 107 Å². The molecule has 1 aromatic carbocycles. The lowest BCUT2D eigenvalue weighted by Crippen LogP contribution is -2.39. The molecule has 0 bridgehead atoms. The van der Waals surface area contributed by atoms with Gasteiger partial charge in [-0.05, 0) is 24.9 Å². The molecule has 0 spiro atoms. The number of nitrogens with two attached hydrogens (primary N) is 1. The summed E-state index contributed by atoms with van der Waals surface area (Å²) in [5.41, 5.74) is 5.45. The maximum atomic E-state index is 12.5. The van der Waals surface area contributed by atoms with Gasteiger partial charge in [-0.3, -0.25) is 10.1 Å². The van der Waals surface area contributed by atoms with E-state index in [0.717, 1.165) is 6.07 Å². The van der Waals surface area contributed by atoms with Crippen LogP contribution < -0.4 is 5.73 Å². The van der Waals surface area contributed by atoms with Gasteiger partial charge in [0.2, 0.25) is 10.0 Å². The van der Waals surface area contributed by atoms with E-state index >= 15 is 0 Å². The molecule has 0 atom stereocenters. The van der Waals surface area contributed by atoms with Gasteiger partial charge < -0.3 is 5.73 Å². The van der Waals surface area contributed by atoms with Crippen LogP contribution in [0.25, 0.3) is 0 Å². The highest BCUT2D eigenvalue weighted by atomic mass is 35.5. The van der Waals surface area contributed by atoms with E-state index in [-0.39, 0.29) is 34.9 Å². The minimum Gasteiger partial charge on any atom is -0.330 e. The normalized spacial score (nSPS) is 12.1. The van der Waals surface area contributed by atoms with Crippen molar-refractivity contribution in [1.29, 1.82) is 0 Å². The van der Waals surface area contributed by atoms with Gasteiger partial charge >= 0.3 is 0 Å². The van der Waals surface area contributed by atoms with Gasteiger partial charge in [-0.2, -0.15) is 0 Å². The summed E-state index contributed by atoms with van der Waals surface area (Å²) in [7, 11) is -2.34. The van der Waals surface area contributed by atoms with Gasteiger partial charge in [0.25, 0.3) is 5.69 Å². The zero-order valence-corrected chi connectivity index (χ0v) is 14.7. The Morgan fingerprint density at radius 3 is 2.36 bits per heavy atom. The molecule has 22 heavy (non-hydrogen) atoms. The molecule has 0 unspecified atom stereocenters. The number of nitro benzene ring substituents is 1. The zero-order chi connectivity index (χ0) is 16.4. The Labute approximate surface area is 137 Å². The summed E-state index contributed by atoms with van der Waals surface area (Å²) in [5.74, 6) is 0. The summed E-state index contributed by atoms with van der Waals surface area (Å²) < 4.78 is 26.1. The molecule has 0 aromatic heterocycles. The van der Waals surface area contributed by atoms with Crippen molar-refractivity contribution < 1.29 is 13.3 Å². The lowest BCUT2D eigenvalue weighted by atomic mass is 9.94. The predicted octanol–water partition coefficient (Wildman–Crippen LogP) is 1.93. The van der Waals surface area contributed by atoms with Gasteiger partial charge in [0, 0.05) is 25.2 Å². The SMILES string of the molecule is Cc1ccc(S(=O)(=O)N(C)CC(C)(C)CN)cc1[N+](=O)[O-].Cl. The molecule has 2 N–H and O–H groups in total. The first-order chi connectivity index (χ1) is 9.51. The average Bonchev–Trinajstić information content (AvgIpc) is 2.38. The number of nitro groups is 1. The summed E-state index contributed by atoms with van der Waals surface area (Å²) in [5, 5.41) is 10.9. The maximum Gasteiger partial charge on any atom is 0.273 e. The number of rotatable bonds is 6. The third kappa shape index (κ3) is 4.64. The minimum absolute atomic E-state index is 0. The Hall–Kier alpha value is -1.22. The molecule has 0 heterocycles. The van der Waals surface area contributed by atoms with Crippen molar-refractivity contribution in [2.75, 3.05) is 20.1 Å². The van der Waals surface area contributed by atoms with E-state index in [9.17, 15) is 18.5 Å². The first-order valence-corrected chi connectivity index (χ1v) is 7.87. The largest absolute Gasteiger partial charge is 0.330 e. The molecule has 7 nitrogen and oxygen atoms in total. The van der Waals surface area contributed by atoms with Crippen LogP contribution in [0.1, 0.15) is 19.4 Å². The van der Waals surface area contributed by atoms with E-state index in [2.05, 4.69) is 0 Å². The minimum atomic E-state index is -3.78. The number of nitrogens with zero attached hydrogens (tertiary/aromatic N) is 2. The summed E-state index contributed by atoms with van der Waals surface area (Å²) in [4.78, 5) is 10.3. The molecule has 0 aliphatic rings. The van der Waals surface area contributed by atoms with Gasteiger partial charge in [-0.1, -0.05) is 19.9 Å². The van der Waals surface area contributed by atoms with Crippen LogP contribution in [-0.4, -0.2) is 37.8 Å². The van der Waals surface area contributed by atoms with Crippen LogP contribution in [0.2, 0.25) is 0 Å². The summed E-state index contributed by atoms with van der Waals surface area (Å²) >= 11 is 0. The first kappa shape index (κ1) is 20.8. The fourth-order valence-electron chi connectivity index (χ4n) is 1.88. The fraction of sp³-hybridized carbons (Fsp3) is 0.538. The molecular formula is C13H22ClN3O4S. The van der Waals surface area contributed by atoms with Gasteiger partial charge in [-0.15, -0.1) is 12.4 Å². The van der Waals surface area contributed by atoms with Crippen molar-refractivity contribution in [2.24, 2.45) is 11.1 Å². The van der Waals surface area contributed by atoms with Crippen LogP contribution in [0.4, 0.5) is 5.69 Å². The Morgan fingerprint density at radius 2 is 1.91 bits per heavy atom. The van der Waals surface area contributed by atoms with Crippen molar-refractivity contribution in [1.82, 2.24) is 4.31 Å². The summed E-state index contributed by atoms with van der Waals surface area (Å²) in [6.07, 6.45) is 0. The second kappa shape index (κ2) is 7.36. The first-order valence-electron chi connectivity index (χ1n) is 6.43. The molecule has 0 aliphatic carbocycles. The zero-order valence-electron chi connectivity index (χ0n) is 13.1. The number of hydrogen-bond acceptors (Lipinski definition) is 5. The molecule has 0 saturated carbocycles. The third-order valence-electron chi connectivity index (χ3n) is 3.29. The number of hydrogen-bond donors (Lipinski definition) is 1. The van der Waals surface area contributed by atoms with Gasteiger partial charge in [0.05, 0.1) is 9.82 Å². The Bertz CT molecular complexity index is 647. The molecule has 9 heteroatoms. The van der Waals surface area contributed by atoms with Gasteiger partial charge in [0.15, 0.2) is 0 Å². The van der Waals surface area contributed by atoms with Crippen molar-refractivity contribution in [3.8, 4) is 0 Å². The van der Waals surface area contributed by atoms with Crippen molar-refractivity contribution in [3.05, 3.63) is 33.9 Å². The highest BCUT2D eigenvalue weighted by Crippen LogP contribution is 2.25. The lowest BCUT2D eigenvalue weighted by molar-refractivity contribution is -0.385. The number of aryl methyl sites for hydroxylation is 1. The second-order valence-electron chi connectivity index (χ2n) is 5.83. The molecule has 0 radical (unpaired) electrons. The Morgan fingerprint density at radius 1 is 1.36 bits per heavy atom. The highest BCUT2D eigenvalue weighted by Gasteiger charge is 2.28. The number of benzene rings is 1. The standard InChI is InChI=1S/C13H21N3O4S.ClH/c1-10-5-6-11(7-12(10)16(17)18)21(19,20)15(4)9-13(2,3)8-14;/h5-7H,8-9,14H2,1-4H3;1H. The molecule has 0 amide bonds. The second-order valence-corrected chi connectivity index (χ2v) is 7.88. The smallest absolute Gasteiger partial charge is 0.273 e. The van der Waals surface area contributed by atoms with E-state index in [0.29, 0.717) is 12.1 Å². The van der Waals surface area contributed by atoms with Crippen LogP contribution >= 0.6 is 12.4 Å². The van der Waals surface area contributed by atoms with Crippen LogP contribution in [0.3, 0.4) is 0 Å². The third-order valence-corrected chi connectivity index (χ3v) is 5.09. The molecular weight excluding hydrogens is 330 g/mol. The quantitative estimate of drug-likeness (QED) is 0.622. The van der Waals surface area contributed by atoms with E-state index < -0.39 is 14.9 Å². The molecule has 0 aliphatic heterocycles. The monoisotopic (exact) mass is 351 g/mol. The van der Waals surface area contributed by atoms with E-state index in [1.165, 1.54) is 23.5 Å². The van der Waals surface area contributed by atoms with Crippen molar-refractivity contribution in [3.63, 3.8) is 0 Å². The van der Waals surface area contributed by atoms with Gasteiger partial charge in [0.1, 0.15) is 0 Å². The van der Waals surface area contributed by atoms with Crippen LogP contribution in [0.15, 0.2) is 23.1 Å². The molecule has 0 fully saturated rings. The van der Waals surface area contributed by atoms with Crippen LogP contribution in [0, 0.1) is 22.5 Å². The van der Waals surface area contributed by atoms with Crippen molar-refractivity contribution in [2.45, 2.75) is 25.7 Å². The molecule has 126 valence electrons. The predicted molar refractivity (Wildman–Crippen MR) is 87.7 cm³/mol. The summed E-state index contributed by atoms with van der Waals surface area (Å²) in [6.45, 7) is 5.84. The maximum absolute atomic E-state index is 12.5. The fourth-order valence-corrected chi connectivity index (χ4v) is 3.26. The Kier molecular flexibility index (Phi) is 6.96. The van der Waals surface area contributed by atoms with E-state index in [1.807, 2.05) is 13.8 Å². The van der Waals surface area contributed by atoms with Crippen molar-refractivity contribution >= 4 is 28.1 Å². The lowest BCUT2D eigenvalue weighted by Gasteiger charge is -2.28. The molecule has 1 rings (SSSR count). The van der Waals surface area contributed by atoms with Crippen LogP contribution in [-0.2, 0) is 10.0 Å². The average molecular weight is 352 g/mol. The van der Waals surface area contributed by atoms with E-state index in [4.69, 9.17) is 5.73 Å². The summed E-state index contributed by atoms with van der Waals surface area (Å²) in [6, 6.07) is 3.91. The van der Waals surface area contributed by atoms with E-state index in [1.54, 1.807) is 6.92 Å². The molecule has 1 aromatic rings. The highest BCUT2D eigenvalue weighted by molar-refractivity contribution is 7.89. The molecule has 0 saturated heterocycles. The van der Waals surface area contributed by atoms with Gasteiger partial charge in [-0.25, -0.2) is 12.7 Å².